The fourth-order valence-electron chi connectivity index (χ4n) is 3.63. The third-order valence-electron chi connectivity index (χ3n) is 5.17. The number of benzene rings is 1. The summed E-state index contributed by atoms with van der Waals surface area (Å²) in [4.78, 5) is 0.345. The van der Waals surface area contributed by atoms with Crippen molar-refractivity contribution in [2.75, 3.05) is 33.0 Å². The van der Waals surface area contributed by atoms with E-state index >= 15 is 0 Å². The number of piperidine rings is 1. The van der Waals surface area contributed by atoms with Crippen molar-refractivity contribution < 1.29 is 13.2 Å². The van der Waals surface area contributed by atoms with Gasteiger partial charge in [-0.3, -0.25) is 16.0 Å². The minimum Gasteiger partial charge on any atom is -0.364 e. The van der Waals surface area contributed by atoms with E-state index in [-0.39, 0.29) is 18.4 Å². The Morgan fingerprint density at radius 2 is 1.96 bits per heavy atom. The van der Waals surface area contributed by atoms with E-state index in [1.54, 1.807) is 19.2 Å². The smallest absolute Gasteiger partial charge is 0.175 e. The average Bonchev–Trinajstić information content (AvgIpc) is 2.66. The highest BCUT2D eigenvalue weighted by Gasteiger charge is 2.30. The van der Waals surface area contributed by atoms with Crippen molar-refractivity contribution in [1.82, 2.24) is 21.3 Å². The topological polar surface area (TPSA) is 91.5 Å². The van der Waals surface area contributed by atoms with Crippen LogP contribution in [-0.2, 0) is 14.6 Å². The molecule has 0 radical (unpaired) electrons. The van der Waals surface area contributed by atoms with Gasteiger partial charge in [-0.15, -0.1) is 0 Å². The van der Waals surface area contributed by atoms with Crippen LogP contribution >= 0.6 is 0 Å². The minimum absolute atomic E-state index is 0.0166. The number of rotatable bonds is 6. The number of nitrogens with one attached hydrogen (secondary N) is 4. The molecule has 0 saturated carbocycles. The van der Waals surface area contributed by atoms with Gasteiger partial charge in [0.25, 0.3) is 0 Å². The Hall–Kier alpha value is -1.03. The van der Waals surface area contributed by atoms with Gasteiger partial charge in [-0.2, -0.15) is 0 Å². The molecule has 1 aromatic carbocycles. The Morgan fingerprint density at radius 1 is 1.19 bits per heavy atom. The van der Waals surface area contributed by atoms with Gasteiger partial charge >= 0.3 is 0 Å². The van der Waals surface area contributed by atoms with E-state index in [4.69, 9.17) is 4.74 Å². The molecule has 4 unspecified atom stereocenters. The minimum atomic E-state index is -3.17. The van der Waals surface area contributed by atoms with Gasteiger partial charge in [-0.25, -0.2) is 8.42 Å². The number of piperazine rings is 1. The average molecular weight is 383 g/mol. The Labute approximate surface area is 156 Å². The summed E-state index contributed by atoms with van der Waals surface area (Å²) in [6, 6.07) is 7.68. The zero-order valence-corrected chi connectivity index (χ0v) is 16.3. The van der Waals surface area contributed by atoms with Gasteiger partial charge in [0.05, 0.1) is 11.1 Å². The number of sulfone groups is 1. The van der Waals surface area contributed by atoms with Gasteiger partial charge in [0.2, 0.25) is 0 Å². The quantitative estimate of drug-likeness (QED) is 0.564. The maximum absolute atomic E-state index is 11.6. The first-order valence-electron chi connectivity index (χ1n) is 9.26. The molecule has 0 aromatic heterocycles. The largest absolute Gasteiger partial charge is 0.364 e. The molecule has 4 atom stereocenters. The second-order valence-electron chi connectivity index (χ2n) is 7.16. The molecular formula is C18H30N4O3S. The molecule has 2 aliphatic heterocycles. The van der Waals surface area contributed by atoms with Gasteiger partial charge in [0.1, 0.15) is 6.23 Å². The molecule has 2 fully saturated rings. The van der Waals surface area contributed by atoms with Crippen LogP contribution in [0.25, 0.3) is 0 Å². The van der Waals surface area contributed by atoms with Crippen LogP contribution in [0.1, 0.15) is 30.9 Å². The van der Waals surface area contributed by atoms with Crippen molar-refractivity contribution in [3.8, 4) is 0 Å². The summed E-state index contributed by atoms with van der Waals surface area (Å²) in [6.07, 6.45) is 4.83. The van der Waals surface area contributed by atoms with Gasteiger partial charge in [0.15, 0.2) is 9.84 Å². The molecular weight excluding hydrogens is 352 g/mol. The van der Waals surface area contributed by atoms with Crippen LogP contribution in [0, 0.1) is 0 Å². The Bertz CT molecular complexity index is 674. The summed E-state index contributed by atoms with van der Waals surface area (Å²) in [5.41, 5.74) is 1.06. The monoisotopic (exact) mass is 382 g/mol. The summed E-state index contributed by atoms with van der Waals surface area (Å²) >= 11 is 0. The highest BCUT2D eigenvalue weighted by Crippen LogP contribution is 2.19. The third-order valence-corrected chi connectivity index (χ3v) is 6.30. The van der Waals surface area contributed by atoms with E-state index in [9.17, 15) is 8.42 Å². The summed E-state index contributed by atoms with van der Waals surface area (Å²) < 4.78 is 28.8. The highest BCUT2D eigenvalue weighted by atomic mass is 32.2. The van der Waals surface area contributed by atoms with E-state index in [2.05, 4.69) is 21.3 Å². The first kappa shape index (κ1) is 19.7. The summed E-state index contributed by atoms with van der Waals surface area (Å²) in [7, 11) is -1.47. The van der Waals surface area contributed by atoms with Crippen LogP contribution in [-0.4, -0.2) is 59.9 Å². The summed E-state index contributed by atoms with van der Waals surface area (Å²) in [5, 5.41) is 14.1. The number of ether oxygens (including phenoxy) is 1. The number of methoxy groups -OCH3 is 1. The molecule has 146 valence electrons. The predicted molar refractivity (Wildman–Crippen MR) is 102 cm³/mol. The summed E-state index contributed by atoms with van der Waals surface area (Å²) in [5.74, 6) is 0. The lowest BCUT2D eigenvalue weighted by Gasteiger charge is -2.39. The van der Waals surface area contributed by atoms with E-state index in [1.165, 1.54) is 25.5 Å². The van der Waals surface area contributed by atoms with Crippen LogP contribution in [0.5, 0.6) is 0 Å². The van der Waals surface area contributed by atoms with Crippen molar-refractivity contribution in [2.24, 2.45) is 0 Å². The molecule has 2 aliphatic rings. The number of hydrogen-bond acceptors (Lipinski definition) is 7. The maximum Gasteiger partial charge on any atom is 0.175 e. The molecule has 2 heterocycles. The SMILES string of the molecule is COC1NCC(c2ccc(S(C)(=O)=O)cc2)NC1NCC1CCCCN1. The molecule has 0 bridgehead atoms. The second-order valence-corrected chi connectivity index (χ2v) is 9.17. The van der Waals surface area contributed by atoms with Crippen molar-refractivity contribution in [1.29, 1.82) is 0 Å². The molecule has 3 rings (SSSR count). The van der Waals surface area contributed by atoms with Gasteiger partial charge in [-0.05, 0) is 37.1 Å². The first-order chi connectivity index (χ1) is 12.5. The van der Waals surface area contributed by atoms with Crippen LogP contribution in [0.2, 0.25) is 0 Å². The van der Waals surface area contributed by atoms with Crippen molar-refractivity contribution in [3.05, 3.63) is 29.8 Å². The van der Waals surface area contributed by atoms with Crippen LogP contribution in [0.4, 0.5) is 0 Å². The summed E-state index contributed by atoms with van der Waals surface area (Å²) in [6.45, 7) is 2.70. The molecule has 1 aromatic rings. The van der Waals surface area contributed by atoms with E-state index in [0.717, 1.165) is 25.2 Å². The molecule has 0 aliphatic carbocycles. The molecule has 0 spiro atoms. The zero-order valence-electron chi connectivity index (χ0n) is 15.5. The van der Waals surface area contributed by atoms with Gasteiger partial charge < -0.3 is 10.1 Å². The van der Waals surface area contributed by atoms with Crippen LogP contribution < -0.4 is 21.3 Å². The van der Waals surface area contributed by atoms with Crippen LogP contribution in [0.15, 0.2) is 29.2 Å². The third kappa shape index (κ3) is 5.03. The van der Waals surface area contributed by atoms with Crippen molar-refractivity contribution in [2.45, 2.75) is 48.6 Å². The Balaban J connectivity index is 1.62. The second kappa shape index (κ2) is 8.77. The molecule has 4 N–H and O–H groups in total. The Kier molecular flexibility index (Phi) is 6.65. The molecule has 26 heavy (non-hydrogen) atoms. The highest BCUT2D eigenvalue weighted by molar-refractivity contribution is 7.90. The zero-order chi connectivity index (χ0) is 18.6. The fraction of sp³-hybridized carbons (Fsp3) is 0.667. The van der Waals surface area contributed by atoms with Gasteiger partial charge in [0, 0.05) is 38.5 Å². The van der Waals surface area contributed by atoms with Crippen LogP contribution in [0.3, 0.4) is 0 Å². The fourth-order valence-corrected chi connectivity index (χ4v) is 4.26. The standard InChI is InChI=1S/C18H30N4O3S/c1-25-18-17(20-11-14-5-3-4-10-19-14)22-16(12-21-18)13-6-8-15(9-7-13)26(2,23)24/h6-9,14,16-22H,3-5,10-12H2,1-2H3. The maximum atomic E-state index is 11.6. The first-order valence-corrected chi connectivity index (χ1v) is 11.2. The van der Waals surface area contributed by atoms with E-state index in [0.29, 0.717) is 10.9 Å². The van der Waals surface area contributed by atoms with E-state index < -0.39 is 9.84 Å². The number of hydrogen-bond donors (Lipinski definition) is 4. The van der Waals surface area contributed by atoms with Crippen molar-refractivity contribution >= 4 is 9.84 Å². The van der Waals surface area contributed by atoms with E-state index in [1.807, 2.05) is 12.1 Å². The van der Waals surface area contributed by atoms with Crippen molar-refractivity contribution in [3.63, 3.8) is 0 Å². The molecule has 7 nitrogen and oxygen atoms in total. The predicted octanol–water partition coefficient (Wildman–Crippen LogP) is 0.354. The molecule has 8 heteroatoms. The normalized spacial score (nSPS) is 30.2. The van der Waals surface area contributed by atoms with Gasteiger partial charge in [-0.1, -0.05) is 18.6 Å². The lowest BCUT2D eigenvalue weighted by atomic mass is 10.0. The lowest BCUT2D eigenvalue weighted by Crippen LogP contribution is -2.64. The Morgan fingerprint density at radius 3 is 2.58 bits per heavy atom. The molecule has 0 amide bonds. The molecule has 2 saturated heterocycles. The lowest BCUT2D eigenvalue weighted by molar-refractivity contribution is 0.00455.